The van der Waals surface area contributed by atoms with E-state index in [0.29, 0.717) is 23.0 Å². The molecule has 2 aliphatic carbocycles. The van der Waals surface area contributed by atoms with Crippen molar-refractivity contribution in [3.05, 3.63) is 73.2 Å². The minimum atomic E-state index is -4.57. The van der Waals surface area contributed by atoms with E-state index in [9.17, 15) is 22.8 Å². The number of rotatable bonds is 5. The van der Waals surface area contributed by atoms with Crippen LogP contribution in [0.25, 0.3) is 0 Å². The zero-order valence-corrected chi connectivity index (χ0v) is 22.6. The molecule has 2 saturated carbocycles. The average Bonchev–Trinajstić information content (AvgIpc) is 3.58. The third-order valence-electron chi connectivity index (χ3n) is 8.04. The van der Waals surface area contributed by atoms with E-state index in [1.54, 1.807) is 18.9 Å². The summed E-state index contributed by atoms with van der Waals surface area (Å²) in [5.74, 6) is 1.81. The minimum Gasteiger partial charge on any atom is -0.497 e. The number of thiazole rings is 1. The van der Waals surface area contributed by atoms with Gasteiger partial charge in [0.25, 0.3) is 0 Å². The molecule has 0 saturated heterocycles. The average molecular weight is 581 g/mol. The largest absolute Gasteiger partial charge is 0.497 e. The number of nitrogens with one attached hydrogen (secondary N) is 1. The molecule has 3 aromatic rings. The lowest BCUT2D eigenvalue weighted by molar-refractivity contribution is -0.137. The first-order valence-corrected chi connectivity index (χ1v) is 14.4. The van der Waals surface area contributed by atoms with Gasteiger partial charge in [-0.05, 0) is 72.9 Å². The van der Waals surface area contributed by atoms with Gasteiger partial charge in [-0.2, -0.15) is 13.2 Å². The molecule has 1 N–H and O–H groups in total. The number of benzene rings is 2. The van der Waals surface area contributed by atoms with Crippen LogP contribution in [0.3, 0.4) is 0 Å². The maximum absolute atomic E-state index is 13.2. The second-order valence-electron chi connectivity index (χ2n) is 10.1. The van der Waals surface area contributed by atoms with E-state index in [2.05, 4.69) is 17.4 Å². The summed E-state index contributed by atoms with van der Waals surface area (Å²) < 4.78 is 46.3. The van der Waals surface area contributed by atoms with Crippen LogP contribution in [0.4, 0.5) is 18.9 Å². The van der Waals surface area contributed by atoms with Crippen molar-refractivity contribution < 1.29 is 22.7 Å². The molecular formula is C27H24ClF3N2O3S2. The number of carbonyl (C=O) groups is 1. The monoisotopic (exact) mass is 580 g/mol. The van der Waals surface area contributed by atoms with Gasteiger partial charge in [0.2, 0.25) is 5.91 Å². The Balaban J connectivity index is 1.33. The number of amides is 1. The first-order valence-electron chi connectivity index (χ1n) is 12.3. The molecule has 1 amide bonds. The van der Waals surface area contributed by atoms with Crippen LogP contribution in [0.2, 0.25) is 5.02 Å². The number of hydrogen-bond acceptors (Lipinski definition) is 5. The van der Waals surface area contributed by atoms with Crippen LogP contribution in [0, 0.1) is 17.8 Å². The number of alkyl halides is 3. The molecule has 200 valence electrons. The molecule has 5 atom stereocenters. The third-order valence-corrected chi connectivity index (χ3v) is 11.2. The molecule has 11 heteroatoms. The van der Waals surface area contributed by atoms with Gasteiger partial charge in [-0.1, -0.05) is 35.1 Å². The number of methoxy groups -OCH3 is 1. The first-order chi connectivity index (χ1) is 18.1. The van der Waals surface area contributed by atoms with Gasteiger partial charge >= 0.3 is 11.0 Å². The molecular weight excluding hydrogens is 557 g/mol. The summed E-state index contributed by atoms with van der Waals surface area (Å²) in [6.45, 7) is -0.301. The van der Waals surface area contributed by atoms with Gasteiger partial charge in [0.15, 0.2) is 0 Å². The van der Waals surface area contributed by atoms with E-state index < -0.39 is 17.6 Å². The summed E-state index contributed by atoms with van der Waals surface area (Å²) in [5.41, 5.74) is 0.0755. The predicted octanol–water partition coefficient (Wildman–Crippen LogP) is 6.88. The Morgan fingerprint density at radius 1 is 1.16 bits per heavy atom. The molecule has 1 aromatic heterocycles. The highest BCUT2D eigenvalue weighted by molar-refractivity contribution is 8.00. The lowest BCUT2D eigenvalue weighted by Crippen LogP contribution is -2.34. The summed E-state index contributed by atoms with van der Waals surface area (Å²) in [7, 11) is 1.62. The number of carbonyl (C=O) groups excluding carboxylic acids is 1. The fraction of sp³-hybridized carbons (Fsp3) is 0.407. The predicted molar refractivity (Wildman–Crippen MR) is 142 cm³/mol. The SMILES string of the molecule is COc1ccc([C@@H]2c3sc(=O)n(CC(=O)Nc4cc(C(F)(F)F)ccc4Cl)c3S[C@H]3[C@H]4CC[C@@H](C4)[C@@H]23)cc1. The molecule has 2 fully saturated rings. The van der Waals surface area contributed by atoms with Crippen LogP contribution in [0.1, 0.15) is 41.2 Å². The Morgan fingerprint density at radius 2 is 1.89 bits per heavy atom. The Kier molecular flexibility index (Phi) is 6.55. The Labute approximate surface area is 230 Å². The summed E-state index contributed by atoms with van der Waals surface area (Å²) in [6, 6.07) is 10.8. The van der Waals surface area contributed by atoms with Crippen LogP contribution in [-0.4, -0.2) is 22.8 Å². The summed E-state index contributed by atoms with van der Waals surface area (Å²) in [6.07, 6.45) is -1.02. The number of fused-ring (bicyclic) bond motifs is 6. The molecule has 3 aliphatic rings. The fourth-order valence-corrected chi connectivity index (χ4v) is 9.72. The number of hydrogen-bond donors (Lipinski definition) is 1. The smallest absolute Gasteiger partial charge is 0.416 e. The number of thioether (sulfide) groups is 1. The Hall–Kier alpha value is -2.43. The molecule has 0 unspecified atom stereocenters. The van der Waals surface area contributed by atoms with E-state index >= 15 is 0 Å². The second kappa shape index (κ2) is 9.64. The van der Waals surface area contributed by atoms with Crippen molar-refractivity contribution in [2.75, 3.05) is 12.4 Å². The topological polar surface area (TPSA) is 60.3 Å². The first kappa shape index (κ1) is 25.8. The van der Waals surface area contributed by atoms with Crippen molar-refractivity contribution in [3.8, 4) is 5.75 Å². The highest BCUT2D eigenvalue weighted by Crippen LogP contribution is 2.64. The number of halogens is 4. The van der Waals surface area contributed by atoms with Gasteiger partial charge < -0.3 is 10.1 Å². The summed E-state index contributed by atoms with van der Waals surface area (Å²) in [5, 5.41) is 3.61. The van der Waals surface area contributed by atoms with Crippen LogP contribution in [-0.2, 0) is 17.5 Å². The normalized spacial score (nSPS) is 25.7. The quantitative estimate of drug-likeness (QED) is 0.357. The highest BCUT2D eigenvalue weighted by Gasteiger charge is 2.55. The standard InChI is InChI=1S/C27H24ClF3N2O3S2/c1-36-17-7-4-13(5-8-17)21-22-14-2-3-15(10-14)23(22)37-25-24(21)38-26(35)33(25)12-20(34)32-19-11-16(27(29,30)31)6-9-18(19)28/h4-9,11,14-15,21-23H,2-3,10,12H2,1H3,(H,32,34)/t14-,15-,21-,22-,23-/m0/s1. The van der Waals surface area contributed by atoms with Gasteiger partial charge in [-0.25, -0.2) is 0 Å². The molecule has 1 aliphatic heterocycles. The van der Waals surface area contributed by atoms with Crippen LogP contribution in [0.5, 0.6) is 5.75 Å². The lowest BCUT2D eigenvalue weighted by Gasteiger charge is -2.40. The van der Waals surface area contributed by atoms with Gasteiger partial charge in [0.05, 0.1) is 28.4 Å². The Morgan fingerprint density at radius 3 is 2.61 bits per heavy atom. The molecule has 38 heavy (non-hydrogen) atoms. The zero-order chi connectivity index (χ0) is 26.8. The van der Waals surface area contributed by atoms with Crippen molar-refractivity contribution in [2.45, 2.75) is 48.2 Å². The maximum Gasteiger partial charge on any atom is 0.416 e. The minimum absolute atomic E-state index is 0.00943. The van der Waals surface area contributed by atoms with Crippen molar-refractivity contribution in [2.24, 2.45) is 17.8 Å². The highest BCUT2D eigenvalue weighted by atomic mass is 35.5. The van der Waals surface area contributed by atoms with Gasteiger partial charge in [0.1, 0.15) is 12.3 Å². The molecule has 0 spiro atoms. The third kappa shape index (κ3) is 4.44. The Bertz CT molecular complexity index is 1450. The molecule has 6 rings (SSSR count). The molecule has 5 nitrogen and oxygen atoms in total. The maximum atomic E-state index is 13.2. The van der Waals surface area contributed by atoms with Crippen LogP contribution < -0.4 is 14.9 Å². The van der Waals surface area contributed by atoms with Gasteiger partial charge in [-0.3, -0.25) is 14.2 Å². The molecule has 2 aromatic carbocycles. The summed E-state index contributed by atoms with van der Waals surface area (Å²) in [4.78, 5) is 26.9. The zero-order valence-electron chi connectivity index (χ0n) is 20.3. The van der Waals surface area contributed by atoms with Crippen molar-refractivity contribution in [1.29, 1.82) is 0 Å². The second-order valence-corrected chi connectivity index (χ2v) is 12.7. The molecule has 2 bridgehead atoms. The van der Waals surface area contributed by atoms with E-state index in [0.717, 1.165) is 50.8 Å². The molecule has 2 heterocycles. The van der Waals surface area contributed by atoms with Crippen molar-refractivity contribution >= 4 is 46.3 Å². The number of ether oxygens (including phenoxy) is 1. The van der Waals surface area contributed by atoms with Crippen molar-refractivity contribution in [3.63, 3.8) is 0 Å². The lowest BCUT2D eigenvalue weighted by atomic mass is 9.75. The summed E-state index contributed by atoms with van der Waals surface area (Å²) >= 11 is 8.92. The fourth-order valence-electron chi connectivity index (χ4n) is 6.40. The number of nitrogens with zero attached hydrogens (tertiary/aromatic N) is 1. The van der Waals surface area contributed by atoms with Gasteiger partial charge in [0, 0.05) is 16.0 Å². The van der Waals surface area contributed by atoms with Crippen LogP contribution in [0.15, 0.2) is 52.3 Å². The van der Waals surface area contributed by atoms with E-state index in [4.69, 9.17) is 16.3 Å². The van der Waals surface area contributed by atoms with Gasteiger partial charge in [-0.15, -0.1) is 11.8 Å². The van der Waals surface area contributed by atoms with E-state index in [1.165, 1.54) is 23.8 Å². The van der Waals surface area contributed by atoms with Crippen molar-refractivity contribution in [1.82, 2.24) is 4.57 Å². The molecule has 0 radical (unpaired) electrons. The van der Waals surface area contributed by atoms with Crippen LogP contribution >= 0.6 is 34.7 Å². The van der Waals surface area contributed by atoms with E-state index in [-0.39, 0.29) is 28.0 Å². The number of anilines is 1. The van der Waals surface area contributed by atoms with E-state index in [1.807, 2.05) is 12.1 Å². The number of aromatic nitrogens is 1.